The Hall–Kier alpha value is -2.84. The minimum Gasteiger partial charge on any atom is -0.493 e. The Bertz CT molecular complexity index is 1080. The van der Waals surface area contributed by atoms with Gasteiger partial charge in [-0.25, -0.2) is 4.79 Å². The van der Waals surface area contributed by atoms with Gasteiger partial charge in [0.15, 0.2) is 17.5 Å². The van der Waals surface area contributed by atoms with Gasteiger partial charge in [0.25, 0.3) is 5.91 Å². The molecule has 0 spiro atoms. The first-order valence-electron chi connectivity index (χ1n) is 11.6. The molecule has 8 heteroatoms. The average molecular weight is 514 g/mol. The highest BCUT2D eigenvalue weighted by Crippen LogP contribution is 2.39. The maximum absolute atomic E-state index is 13.4. The average Bonchev–Trinajstić information content (AvgIpc) is 3.11. The smallest absolute Gasteiger partial charge is 0.333 e. The van der Waals surface area contributed by atoms with Gasteiger partial charge in [0.05, 0.1) is 25.2 Å². The fourth-order valence-electron chi connectivity index (χ4n) is 3.46. The number of thiocarbonyl (C=S) groups is 1. The Labute approximate surface area is 216 Å². The van der Waals surface area contributed by atoms with Gasteiger partial charge < -0.3 is 14.2 Å². The maximum Gasteiger partial charge on any atom is 0.333 e. The lowest BCUT2D eigenvalue weighted by molar-refractivity contribution is -0.151. The summed E-state index contributed by atoms with van der Waals surface area (Å²) < 4.78 is 17.1. The molecule has 1 aliphatic rings. The van der Waals surface area contributed by atoms with E-state index in [-0.39, 0.29) is 12.5 Å². The number of hydrogen-bond donors (Lipinski definition) is 0. The van der Waals surface area contributed by atoms with Crippen LogP contribution in [0.25, 0.3) is 6.08 Å². The third-order valence-electron chi connectivity index (χ3n) is 5.31. The van der Waals surface area contributed by atoms with Crippen molar-refractivity contribution in [2.45, 2.75) is 39.7 Å². The lowest BCUT2D eigenvalue weighted by Crippen LogP contribution is -2.38. The molecule has 3 rings (SSSR count). The molecular formula is C27H31NO5S2. The summed E-state index contributed by atoms with van der Waals surface area (Å²) in [5, 5.41) is 0. The van der Waals surface area contributed by atoms with E-state index in [1.165, 1.54) is 4.90 Å². The van der Waals surface area contributed by atoms with Crippen LogP contribution < -0.4 is 9.47 Å². The topological polar surface area (TPSA) is 65.1 Å². The quantitative estimate of drug-likeness (QED) is 0.207. The van der Waals surface area contributed by atoms with E-state index in [0.29, 0.717) is 45.2 Å². The zero-order chi connectivity index (χ0) is 25.4. The number of rotatable bonds is 11. The Balaban J connectivity index is 1.86. The Morgan fingerprint density at radius 2 is 1.86 bits per heavy atom. The highest BCUT2D eigenvalue weighted by atomic mass is 32.2. The van der Waals surface area contributed by atoms with Crippen molar-refractivity contribution < 1.29 is 23.8 Å². The summed E-state index contributed by atoms with van der Waals surface area (Å²) in [5.41, 5.74) is 1.42. The van der Waals surface area contributed by atoms with Gasteiger partial charge in [-0.3, -0.25) is 9.69 Å². The van der Waals surface area contributed by atoms with Crippen molar-refractivity contribution in [1.82, 2.24) is 4.90 Å². The van der Waals surface area contributed by atoms with Gasteiger partial charge in [0.2, 0.25) is 0 Å². The predicted molar refractivity (Wildman–Crippen MR) is 143 cm³/mol. The van der Waals surface area contributed by atoms with Crippen molar-refractivity contribution in [3.63, 3.8) is 0 Å². The molecule has 1 saturated heterocycles. The summed E-state index contributed by atoms with van der Waals surface area (Å²) in [6, 6.07) is 13.7. The third-order valence-corrected chi connectivity index (χ3v) is 6.64. The number of benzene rings is 2. The third kappa shape index (κ3) is 6.86. The van der Waals surface area contributed by atoms with Crippen molar-refractivity contribution in [1.29, 1.82) is 0 Å². The van der Waals surface area contributed by atoms with Crippen LogP contribution in [0.1, 0.15) is 50.8 Å². The van der Waals surface area contributed by atoms with E-state index in [9.17, 15) is 9.59 Å². The van der Waals surface area contributed by atoms with Gasteiger partial charge in [-0.1, -0.05) is 81.1 Å². The first kappa shape index (κ1) is 26.8. The van der Waals surface area contributed by atoms with Crippen molar-refractivity contribution in [3.8, 4) is 11.5 Å². The van der Waals surface area contributed by atoms with E-state index in [1.54, 1.807) is 25.3 Å². The number of ether oxygens (including phenoxy) is 3. The van der Waals surface area contributed by atoms with E-state index < -0.39 is 12.0 Å². The van der Waals surface area contributed by atoms with Crippen LogP contribution in [0.5, 0.6) is 11.5 Å². The molecule has 1 amide bonds. The molecule has 1 fully saturated rings. The highest BCUT2D eigenvalue weighted by Gasteiger charge is 2.42. The lowest BCUT2D eigenvalue weighted by Gasteiger charge is -2.25. The van der Waals surface area contributed by atoms with Crippen molar-refractivity contribution in [2.24, 2.45) is 5.92 Å². The van der Waals surface area contributed by atoms with Gasteiger partial charge in [0, 0.05) is 0 Å². The Morgan fingerprint density at radius 3 is 2.51 bits per heavy atom. The van der Waals surface area contributed by atoms with E-state index in [2.05, 4.69) is 13.8 Å². The zero-order valence-electron chi connectivity index (χ0n) is 20.5. The fourth-order valence-corrected chi connectivity index (χ4v) is 4.77. The summed E-state index contributed by atoms with van der Waals surface area (Å²) in [4.78, 5) is 28.2. The lowest BCUT2D eigenvalue weighted by atomic mass is 10.1. The predicted octanol–water partition coefficient (Wildman–Crippen LogP) is 6.02. The highest BCUT2D eigenvalue weighted by molar-refractivity contribution is 8.26. The molecule has 35 heavy (non-hydrogen) atoms. The van der Waals surface area contributed by atoms with Crippen LogP contribution in [0, 0.1) is 5.92 Å². The summed E-state index contributed by atoms with van der Waals surface area (Å²) in [6.45, 7) is 7.08. The monoisotopic (exact) mass is 513 g/mol. The normalized spacial score (nSPS) is 15.6. The summed E-state index contributed by atoms with van der Waals surface area (Å²) >= 11 is 6.70. The van der Waals surface area contributed by atoms with E-state index in [0.717, 1.165) is 23.7 Å². The SMILES string of the molecule is CCCOC(=O)C(c1ccccc1)N1C(=O)/C(=C\c2ccc(OCCC(C)C)c(OC)c2)SC1=S. The number of carbonyl (C=O) groups excluding carboxylic acids is 2. The molecule has 0 N–H and O–H groups in total. The molecule has 6 nitrogen and oxygen atoms in total. The second kappa shape index (κ2) is 12.7. The number of esters is 1. The van der Waals surface area contributed by atoms with Crippen LogP contribution >= 0.6 is 24.0 Å². The largest absolute Gasteiger partial charge is 0.493 e. The van der Waals surface area contributed by atoms with Crippen molar-refractivity contribution in [3.05, 3.63) is 64.6 Å². The van der Waals surface area contributed by atoms with Crippen LogP contribution in [0.15, 0.2) is 53.4 Å². The summed E-state index contributed by atoms with van der Waals surface area (Å²) in [7, 11) is 1.58. The maximum atomic E-state index is 13.4. The molecular weight excluding hydrogens is 482 g/mol. The standard InChI is InChI=1S/C27H31NO5S2/c1-5-14-33-26(30)24(20-9-7-6-8-10-20)28-25(29)23(35-27(28)34)17-19-11-12-21(22(16-19)31-4)32-15-13-18(2)3/h6-12,16-18,24H,5,13-15H2,1-4H3/b23-17+. The van der Waals surface area contributed by atoms with Gasteiger partial charge >= 0.3 is 5.97 Å². The molecule has 0 radical (unpaired) electrons. The molecule has 0 aliphatic carbocycles. The van der Waals surface area contributed by atoms with Crippen LogP contribution in [-0.4, -0.2) is 41.4 Å². The second-order valence-corrected chi connectivity index (χ2v) is 10.1. The summed E-state index contributed by atoms with van der Waals surface area (Å²) in [6.07, 6.45) is 3.38. The molecule has 1 aliphatic heterocycles. The number of thioether (sulfide) groups is 1. The molecule has 0 saturated carbocycles. The summed E-state index contributed by atoms with van der Waals surface area (Å²) in [5.74, 6) is 0.948. The minimum atomic E-state index is -0.938. The number of methoxy groups -OCH3 is 1. The molecule has 2 aromatic rings. The van der Waals surface area contributed by atoms with E-state index in [1.807, 2.05) is 43.3 Å². The van der Waals surface area contributed by atoms with Crippen LogP contribution in [-0.2, 0) is 14.3 Å². The second-order valence-electron chi connectivity index (χ2n) is 8.47. The van der Waals surface area contributed by atoms with Crippen LogP contribution in [0.4, 0.5) is 0 Å². The van der Waals surface area contributed by atoms with Gasteiger partial charge in [0.1, 0.15) is 4.32 Å². The minimum absolute atomic E-state index is 0.276. The van der Waals surface area contributed by atoms with Crippen LogP contribution in [0.3, 0.4) is 0 Å². The van der Waals surface area contributed by atoms with Gasteiger partial charge in [-0.15, -0.1) is 0 Å². The Morgan fingerprint density at radius 1 is 1.11 bits per heavy atom. The first-order valence-corrected chi connectivity index (χ1v) is 12.9. The molecule has 1 atom stereocenters. The molecule has 186 valence electrons. The fraction of sp³-hybridized carbons (Fsp3) is 0.370. The molecule has 1 heterocycles. The number of hydrogen-bond acceptors (Lipinski definition) is 7. The molecule has 2 aromatic carbocycles. The molecule has 1 unspecified atom stereocenters. The number of amides is 1. The number of nitrogens with zero attached hydrogens (tertiary/aromatic N) is 1. The molecule has 0 bridgehead atoms. The van der Waals surface area contributed by atoms with Gasteiger partial charge in [-0.05, 0) is 48.1 Å². The van der Waals surface area contributed by atoms with Crippen molar-refractivity contribution in [2.75, 3.05) is 20.3 Å². The molecule has 0 aromatic heterocycles. The van der Waals surface area contributed by atoms with Crippen molar-refractivity contribution >= 4 is 46.3 Å². The zero-order valence-corrected chi connectivity index (χ0v) is 22.1. The van der Waals surface area contributed by atoms with Gasteiger partial charge in [-0.2, -0.15) is 0 Å². The number of carbonyl (C=O) groups is 2. The first-order chi connectivity index (χ1) is 16.8. The van der Waals surface area contributed by atoms with Crippen LogP contribution in [0.2, 0.25) is 0 Å². The van der Waals surface area contributed by atoms with E-state index in [4.69, 9.17) is 26.4 Å². The Kier molecular flexibility index (Phi) is 9.74. The van der Waals surface area contributed by atoms with E-state index >= 15 is 0 Å².